The first-order chi connectivity index (χ1) is 10.6. The van der Waals surface area contributed by atoms with Crippen molar-refractivity contribution in [2.45, 2.75) is 45.4 Å². The summed E-state index contributed by atoms with van der Waals surface area (Å²) in [5, 5.41) is 20.0. The molecule has 2 nitrogen and oxygen atoms in total. The van der Waals surface area contributed by atoms with Crippen LogP contribution in [-0.2, 0) is 0 Å². The van der Waals surface area contributed by atoms with Crippen LogP contribution >= 0.6 is 23.2 Å². The lowest BCUT2D eigenvalue weighted by Gasteiger charge is -2.21. The van der Waals surface area contributed by atoms with Crippen LogP contribution in [0.2, 0.25) is 0 Å². The van der Waals surface area contributed by atoms with E-state index in [9.17, 15) is 0 Å². The molecule has 0 aromatic heterocycles. The molecule has 0 radical (unpaired) electrons. The monoisotopic (exact) mass is 342 g/mol. The van der Waals surface area contributed by atoms with Crippen molar-refractivity contribution in [1.82, 2.24) is 0 Å². The summed E-state index contributed by atoms with van der Waals surface area (Å²) in [6.07, 6.45) is 9.11. The van der Waals surface area contributed by atoms with Crippen molar-refractivity contribution in [3.05, 3.63) is 44.5 Å². The lowest BCUT2D eigenvalue weighted by molar-refractivity contribution is 0.288. The van der Waals surface area contributed by atoms with Crippen molar-refractivity contribution in [3.63, 3.8) is 0 Å². The minimum absolute atomic E-state index is 0.186. The predicted octanol–water partition coefficient (Wildman–Crippen LogP) is 4.81. The fourth-order valence-electron chi connectivity index (χ4n) is 3.32. The summed E-state index contributed by atoms with van der Waals surface area (Å²) in [5.41, 5.74) is 4.93. The fraction of sp³-hybridized carbons (Fsp3) is 0.556. The van der Waals surface area contributed by atoms with E-state index < -0.39 is 0 Å². The number of aliphatic hydroxyl groups excluding tert-OH is 2. The third kappa shape index (κ3) is 3.86. The van der Waals surface area contributed by atoms with Crippen LogP contribution in [0.1, 0.15) is 45.4 Å². The van der Waals surface area contributed by atoms with Crippen LogP contribution < -0.4 is 0 Å². The number of allylic oxidation sites excluding steroid dienone is 8. The van der Waals surface area contributed by atoms with Gasteiger partial charge in [-0.05, 0) is 48.0 Å². The summed E-state index contributed by atoms with van der Waals surface area (Å²) in [5.74, 6) is 0.259. The molecule has 0 saturated carbocycles. The van der Waals surface area contributed by atoms with Gasteiger partial charge in [-0.3, -0.25) is 0 Å². The molecule has 4 heteroatoms. The third-order valence-electron chi connectivity index (χ3n) is 4.46. The molecule has 2 aliphatic carbocycles. The van der Waals surface area contributed by atoms with Gasteiger partial charge in [0.25, 0.3) is 0 Å². The molecule has 0 aromatic rings. The average Bonchev–Trinajstić information content (AvgIpc) is 3.06. The Kier molecular flexibility index (Phi) is 6.76. The van der Waals surface area contributed by atoms with Gasteiger partial charge in [0, 0.05) is 42.0 Å². The molecule has 122 valence electrons. The Hall–Kier alpha value is -0.540. The van der Waals surface area contributed by atoms with E-state index in [1.54, 1.807) is 0 Å². The van der Waals surface area contributed by atoms with Gasteiger partial charge in [-0.15, -0.1) is 0 Å². The fourth-order valence-corrected chi connectivity index (χ4v) is 3.88. The Labute approximate surface area is 142 Å². The van der Waals surface area contributed by atoms with Crippen LogP contribution in [0.3, 0.4) is 0 Å². The minimum Gasteiger partial charge on any atom is -0.396 e. The largest absolute Gasteiger partial charge is 0.396 e. The van der Waals surface area contributed by atoms with E-state index in [-0.39, 0.29) is 19.1 Å². The smallest absolute Gasteiger partial charge is 0.0434 e. The van der Waals surface area contributed by atoms with Crippen LogP contribution in [-0.4, -0.2) is 23.4 Å². The molecule has 0 amide bonds. The van der Waals surface area contributed by atoms with Crippen molar-refractivity contribution in [2.24, 2.45) is 5.92 Å². The van der Waals surface area contributed by atoms with E-state index in [0.717, 1.165) is 48.6 Å². The summed E-state index contributed by atoms with van der Waals surface area (Å²) < 4.78 is 0. The zero-order valence-corrected chi connectivity index (χ0v) is 14.6. The highest BCUT2D eigenvalue weighted by Crippen LogP contribution is 2.44. The quantitative estimate of drug-likeness (QED) is 0.664. The molecular formula is C18H24Cl2O2. The van der Waals surface area contributed by atoms with Gasteiger partial charge in [0.15, 0.2) is 0 Å². The van der Waals surface area contributed by atoms with Crippen LogP contribution in [0.4, 0.5) is 0 Å². The van der Waals surface area contributed by atoms with Gasteiger partial charge in [-0.25, -0.2) is 0 Å². The van der Waals surface area contributed by atoms with Crippen LogP contribution in [0, 0.1) is 5.92 Å². The second kappa shape index (κ2) is 8.35. The summed E-state index contributed by atoms with van der Waals surface area (Å²) >= 11 is 12.7. The minimum atomic E-state index is 0.186. The number of rotatable bonds is 8. The van der Waals surface area contributed by atoms with E-state index in [2.05, 4.69) is 19.1 Å². The molecule has 2 rings (SSSR count). The molecule has 0 saturated heterocycles. The lowest BCUT2D eigenvalue weighted by Crippen LogP contribution is -2.07. The van der Waals surface area contributed by atoms with Gasteiger partial charge in [0.05, 0.1) is 0 Å². The molecule has 22 heavy (non-hydrogen) atoms. The van der Waals surface area contributed by atoms with Gasteiger partial charge in [-0.2, -0.15) is 0 Å². The molecular weight excluding hydrogens is 319 g/mol. The van der Waals surface area contributed by atoms with Crippen LogP contribution in [0.25, 0.3) is 0 Å². The molecule has 0 heterocycles. The first-order valence-corrected chi connectivity index (χ1v) is 8.73. The number of hydrogen-bond acceptors (Lipinski definition) is 2. The lowest BCUT2D eigenvalue weighted by atomic mass is 9.84. The summed E-state index contributed by atoms with van der Waals surface area (Å²) in [6, 6.07) is 0. The van der Waals surface area contributed by atoms with Crippen molar-refractivity contribution in [1.29, 1.82) is 0 Å². The van der Waals surface area contributed by atoms with E-state index >= 15 is 0 Å². The Morgan fingerprint density at radius 1 is 0.909 bits per heavy atom. The Morgan fingerprint density at radius 2 is 1.32 bits per heavy atom. The number of halogens is 2. The maximum absolute atomic E-state index is 9.08. The molecule has 0 unspecified atom stereocenters. The third-order valence-corrected chi connectivity index (χ3v) is 5.22. The standard InChI is InChI=1S/C18H24Cl2O2/c1-12(13-6-8-17(19)15(13)4-2-10-21)14-7-9-18(20)16(14)5-3-11-22/h6-7,12,21-22H,2-5,8-11H2,1H3. The highest BCUT2D eigenvalue weighted by molar-refractivity contribution is 6.31. The van der Waals surface area contributed by atoms with Crippen LogP contribution in [0.15, 0.2) is 44.5 Å². The van der Waals surface area contributed by atoms with Crippen molar-refractivity contribution >= 4 is 23.2 Å². The maximum atomic E-state index is 9.08. The van der Waals surface area contributed by atoms with Gasteiger partial charge in [0.2, 0.25) is 0 Å². The molecule has 0 fully saturated rings. The number of hydrogen-bond donors (Lipinski definition) is 2. The molecule has 2 N–H and O–H groups in total. The Balaban J connectivity index is 2.16. The van der Waals surface area contributed by atoms with Gasteiger partial charge >= 0.3 is 0 Å². The highest BCUT2D eigenvalue weighted by Gasteiger charge is 2.27. The summed E-state index contributed by atoms with van der Waals surface area (Å²) in [6.45, 7) is 2.57. The zero-order valence-electron chi connectivity index (χ0n) is 13.0. The van der Waals surface area contributed by atoms with Crippen molar-refractivity contribution in [3.8, 4) is 0 Å². The number of aliphatic hydroxyl groups is 2. The van der Waals surface area contributed by atoms with E-state index in [0.29, 0.717) is 0 Å². The Bertz CT molecular complexity index is 493. The summed E-state index contributed by atoms with van der Waals surface area (Å²) in [4.78, 5) is 0. The van der Waals surface area contributed by atoms with E-state index in [1.807, 2.05) is 0 Å². The van der Waals surface area contributed by atoms with Crippen LogP contribution in [0.5, 0.6) is 0 Å². The molecule has 2 aliphatic rings. The van der Waals surface area contributed by atoms with E-state index in [1.165, 1.54) is 22.3 Å². The first-order valence-electron chi connectivity index (χ1n) is 7.97. The molecule has 0 atom stereocenters. The zero-order chi connectivity index (χ0) is 16.1. The summed E-state index contributed by atoms with van der Waals surface area (Å²) in [7, 11) is 0. The second-order valence-corrected chi connectivity index (χ2v) is 6.78. The van der Waals surface area contributed by atoms with Crippen molar-refractivity contribution in [2.75, 3.05) is 13.2 Å². The first kappa shape index (κ1) is 17.8. The average molecular weight is 343 g/mol. The topological polar surface area (TPSA) is 40.5 Å². The SMILES string of the molecule is CC(C1=CCC(Cl)=C1CCCO)C1=CCC(Cl)=C1CCCO. The van der Waals surface area contributed by atoms with Gasteiger partial charge in [0.1, 0.15) is 0 Å². The van der Waals surface area contributed by atoms with Crippen molar-refractivity contribution < 1.29 is 10.2 Å². The molecule has 0 spiro atoms. The molecule has 0 bridgehead atoms. The molecule has 0 aliphatic heterocycles. The highest BCUT2D eigenvalue weighted by atomic mass is 35.5. The van der Waals surface area contributed by atoms with Gasteiger partial charge in [-0.1, -0.05) is 42.3 Å². The second-order valence-electron chi connectivity index (χ2n) is 5.87. The molecule has 0 aromatic carbocycles. The van der Waals surface area contributed by atoms with E-state index in [4.69, 9.17) is 33.4 Å². The normalized spacial score (nSPS) is 18.6. The Morgan fingerprint density at radius 3 is 1.68 bits per heavy atom. The maximum Gasteiger partial charge on any atom is 0.0434 e. The predicted molar refractivity (Wildman–Crippen MR) is 93.0 cm³/mol. The van der Waals surface area contributed by atoms with Gasteiger partial charge < -0.3 is 10.2 Å².